The van der Waals surface area contributed by atoms with Gasteiger partial charge in [0.1, 0.15) is 24.4 Å². The highest BCUT2D eigenvalue weighted by molar-refractivity contribution is 6.18. The average Bonchev–Trinajstić information content (AvgIpc) is 2.54. The normalized spacial score (nSPS) is 34.5. The molecule has 0 aromatic heterocycles. The van der Waals surface area contributed by atoms with Gasteiger partial charge in [-0.25, -0.2) is 4.79 Å². The number of carbonyl (C=O) groups excluding carboxylic acids is 1. The molecule has 0 saturated carbocycles. The van der Waals surface area contributed by atoms with Crippen LogP contribution in [0.25, 0.3) is 0 Å². The molecule has 2 amide bonds. The Labute approximate surface area is 142 Å². The predicted molar refractivity (Wildman–Crippen MR) is 80.5 cm³/mol. The van der Waals surface area contributed by atoms with E-state index in [-0.39, 0.29) is 18.8 Å². The molecule has 0 radical (unpaired) electrons. The number of aliphatic hydroxyl groups is 5. The first-order chi connectivity index (χ1) is 11.2. The monoisotopic (exact) mass is 371 g/mol. The molecule has 0 spiro atoms. The van der Waals surface area contributed by atoms with E-state index < -0.39 is 42.5 Å². The third-order valence-corrected chi connectivity index (χ3v) is 3.80. The van der Waals surface area contributed by atoms with Gasteiger partial charge in [-0.1, -0.05) is 13.3 Å². The standard InChI is InChI=1S/C12H22ClN3O8/c1-2-3-12(22)9(19)7(18)6(17)8(24-12)10(20)14-11(21)16(15-23)5-4-13/h6-10,17-20,22H,2-5H2,1H3,(H,14,21)/t6-,7-,8-,9+,10?,12-/m0/s1. The van der Waals surface area contributed by atoms with Crippen LogP contribution in [-0.2, 0) is 4.74 Å². The topological polar surface area (TPSA) is 172 Å². The van der Waals surface area contributed by atoms with Crippen molar-refractivity contribution in [2.24, 2.45) is 5.29 Å². The summed E-state index contributed by atoms with van der Waals surface area (Å²) in [5, 5.41) is 54.6. The summed E-state index contributed by atoms with van der Waals surface area (Å²) in [6, 6.07) is -1.12. The first-order valence-electron chi connectivity index (χ1n) is 7.31. The first-order valence-corrected chi connectivity index (χ1v) is 7.85. The lowest BCUT2D eigenvalue weighted by molar-refractivity contribution is -0.359. The quantitative estimate of drug-likeness (QED) is 0.132. The van der Waals surface area contributed by atoms with Crippen LogP contribution in [0.4, 0.5) is 4.79 Å². The Balaban J connectivity index is 2.86. The summed E-state index contributed by atoms with van der Waals surface area (Å²) in [5.41, 5.74) is 0. The third kappa shape index (κ3) is 4.51. The molecule has 1 aliphatic rings. The Morgan fingerprint density at radius 2 is 2.04 bits per heavy atom. The molecule has 0 bridgehead atoms. The summed E-state index contributed by atoms with van der Waals surface area (Å²) in [6.07, 6.45) is -8.73. The van der Waals surface area contributed by atoms with Crippen LogP contribution in [0, 0.1) is 4.91 Å². The molecular formula is C12H22ClN3O8. The smallest absolute Gasteiger partial charge is 0.342 e. The van der Waals surface area contributed by atoms with Gasteiger partial charge in [0, 0.05) is 12.3 Å². The highest BCUT2D eigenvalue weighted by Crippen LogP contribution is 2.32. The lowest BCUT2D eigenvalue weighted by Crippen LogP contribution is -2.68. The van der Waals surface area contributed by atoms with Gasteiger partial charge < -0.3 is 35.6 Å². The van der Waals surface area contributed by atoms with Gasteiger partial charge in [-0.2, -0.15) is 5.01 Å². The summed E-state index contributed by atoms with van der Waals surface area (Å²) < 4.78 is 5.12. The fourth-order valence-electron chi connectivity index (χ4n) is 2.38. The molecule has 1 unspecified atom stereocenters. The Kier molecular flexibility index (Phi) is 7.73. The zero-order valence-electron chi connectivity index (χ0n) is 12.9. The fourth-order valence-corrected chi connectivity index (χ4v) is 2.54. The third-order valence-electron chi connectivity index (χ3n) is 3.63. The molecule has 6 atom stereocenters. The molecular weight excluding hydrogens is 350 g/mol. The maximum absolute atomic E-state index is 11.7. The minimum absolute atomic E-state index is 0.0844. The number of hydrogen-bond acceptors (Lipinski definition) is 9. The average molecular weight is 372 g/mol. The van der Waals surface area contributed by atoms with Gasteiger partial charge in [-0.05, 0) is 0 Å². The zero-order chi connectivity index (χ0) is 18.5. The Morgan fingerprint density at radius 1 is 1.42 bits per heavy atom. The van der Waals surface area contributed by atoms with Gasteiger partial charge in [-0.15, -0.1) is 16.5 Å². The second kappa shape index (κ2) is 8.85. The second-order valence-corrected chi connectivity index (χ2v) is 5.77. The van der Waals surface area contributed by atoms with Crippen LogP contribution < -0.4 is 5.32 Å². The first kappa shape index (κ1) is 21.0. The van der Waals surface area contributed by atoms with E-state index in [1.165, 1.54) is 0 Å². The van der Waals surface area contributed by atoms with Crippen LogP contribution in [0.15, 0.2) is 5.29 Å². The Morgan fingerprint density at radius 3 is 2.54 bits per heavy atom. The van der Waals surface area contributed by atoms with E-state index in [1.807, 2.05) is 5.32 Å². The number of ether oxygens (including phenoxy) is 1. The van der Waals surface area contributed by atoms with Gasteiger partial charge in [0.15, 0.2) is 12.0 Å². The highest BCUT2D eigenvalue weighted by Gasteiger charge is 2.54. The van der Waals surface area contributed by atoms with E-state index in [0.29, 0.717) is 11.4 Å². The van der Waals surface area contributed by atoms with Crippen molar-refractivity contribution in [3.8, 4) is 0 Å². The van der Waals surface area contributed by atoms with Crippen molar-refractivity contribution < 1.29 is 35.1 Å². The van der Waals surface area contributed by atoms with E-state index in [4.69, 9.17) is 16.3 Å². The Hall–Kier alpha value is -1.08. The largest absolute Gasteiger partial charge is 0.387 e. The molecule has 1 fully saturated rings. The SMILES string of the molecule is CCC[C@]1(O)O[C@H](C(O)NC(=O)N(CCCl)N=O)[C@@H](O)[C@H](O)[C@H]1O. The van der Waals surface area contributed by atoms with Crippen LogP contribution in [0.3, 0.4) is 0 Å². The predicted octanol–water partition coefficient (Wildman–Crippen LogP) is -1.79. The molecule has 140 valence electrons. The summed E-state index contributed by atoms with van der Waals surface area (Å²) >= 11 is 5.39. The summed E-state index contributed by atoms with van der Waals surface area (Å²) in [5.74, 6) is -2.30. The van der Waals surface area contributed by atoms with Crippen molar-refractivity contribution in [3.05, 3.63) is 4.91 Å². The molecule has 24 heavy (non-hydrogen) atoms. The van der Waals surface area contributed by atoms with E-state index >= 15 is 0 Å². The van der Waals surface area contributed by atoms with Crippen LogP contribution in [0.1, 0.15) is 19.8 Å². The fraction of sp³-hybridized carbons (Fsp3) is 0.917. The maximum atomic E-state index is 11.7. The van der Waals surface area contributed by atoms with Gasteiger partial charge in [0.25, 0.3) is 0 Å². The molecule has 1 aliphatic heterocycles. The van der Waals surface area contributed by atoms with Gasteiger partial charge >= 0.3 is 6.03 Å². The van der Waals surface area contributed by atoms with E-state index in [9.17, 15) is 35.2 Å². The summed E-state index contributed by atoms with van der Waals surface area (Å²) in [6.45, 7) is 1.46. The number of rotatable bonds is 7. The van der Waals surface area contributed by atoms with Crippen LogP contribution in [0.2, 0.25) is 0 Å². The van der Waals surface area contributed by atoms with Gasteiger partial charge in [0.05, 0.1) is 11.8 Å². The summed E-state index contributed by atoms with van der Waals surface area (Å²) in [4.78, 5) is 22.3. The molecule has 0 aromatic rings. The van der Waals surface area contributed by atoms with Crippen molar-refractivity contribution in [1.29, 1.82) is 0 Å². The number of nitrogens with zero attached hydrogens (tertiary/aromatic N) is 2. The lowest BCUT2D eigenvalue weighted by atomic mass is 9.89. The second-order valence-electron chi connectivity index (χ2n) is 5.39. The molecule has 0 aliphatic carbocycles. The van der Waals surface area contributed by atoms with Crippen molar-refractivity contribution >= 4 is 17.6 Å². The lowest BCUT2D eigenvalue weighted by Gasteiger charge is -2.47. The molecule has 1 heterocycles. The number of aliphatic hydroxyl groups excluding tert-OH is 4. The van der Waals surface area contributed by atoms with Crippen molar-refractivity contribution in [2.45, 2.75) is 56.2 Å². The number of halogens is 1. The van der Waals surface area contributed by atoms with Crippen LogP contribution >= 0.6 is 11.6 Å². The molecule has 11 nitrogen and oxygen atoms in total. The molecule has 12 heteroatoms. The summed E-state index contributed by atoms with van der Waals surface area (Å²) in [7, 11) is 0. The minimum Gasteiger partial charge on any atom is -0.387 e. The van der Waals surface area contributed by atoms with Crippen molar-refractivity contribution in [1.82, 2.24) is 10.3 Å². The number of nitroso groups, excluding NO2 is 1. The zero-order valence-corrected chi connectivity index (χ0v) is 13.7. The number of amides is 2. The number of urea groups is 1. The van der Waals surface area contributed by atoms with E-state index in [0.717, 1.165) is 0 Å². The van der Waals surface area contributed by atoms with Crippen LogP contribution in [-0.4, -0.2) is 85.4 Å². The van der Waals surface area contributed by atoms with Gasteiger partial charge in [0.2, 0.25) is 0 Å². The van der Waals surface area contributed by atoms with Crippen molar-refractivity contribution in [2.75, 3.05) is 12.4 Å². The van der Waals surface area contributed by atoms with Crippen molar-refractivity contribution in [3.63, 3.8) is 0 Å². The Bertz CT molecular complexity index is 445. The molecule has 1 saturated heterocycles. The van der Waals surface area contributed by atoms with E-state index in [1.54, 1.807) is 6.92 Å². The number of alkyl halides is 1. The maximum Gasteiger partial charge on any atom is 0.342 e. The number of carbonyl (C=O) groups is 1. The number of hydrogen-bond donors (Lipinski definition) is 6. The molecule has 0 aromatic carbocycles. The van der Waals surface area contributed by atoms with Gasteiger partial charge in [-0.3, -0.25) is 0 Å². The number of nitrogens with one attached hydrogen (secondary N) is 1. The minimum atomic E-state index is -2.22. The van der Waals surface area contributed by atoms with Crippen LogP contribution in [0.5, 0.6) is 0 Å². The van der Waals surface area contributed by atoms with E-state index in [2.05, 4.69) is 5.29 Å². The molecule has 6 N–H and O–H groups in total. The highest BCUT2D eigenvalue weighted by atomic mass is 35.5. The molecule has 1 rings (SSSR count).